The first-order valence-electron chi connectivity index (χ1n) is 8.39. The van der Waals surface area contributed by atoms with Gasteiger partial charge in [0.25, 0.3) is 0 Å². The average molecular weight is 384 g/mol. The molecule has 1 aliphatic carbocycles. The Balaban J connectivity index is 1.95. The molecule has 4 rings (SSSR count). The number of hydrogen-bond donors (Lipinski definition) is 1. The van der Waals surface area contributed by atoms with Crippen LogP contribution in [0.3, 0.4) is 0 Å². The van der Waals surface area contributed by atoms with Crippen LogP contribution in [0.25, 0.3) is 10.4 Å². The first kappa shape index (κ1) is 17.4. The molecule has 0 radical (unpaired) electrons. The molecule has 0 saturated carbocycles. The van der Waals surface area contributed by atoms with Crippen LogP contribution < -0.4 is 0 Å². The number of fused-ring (bicyclic) bond motifs is 1. The second-order valence-electron chi connectivity index (χ2n) is 7.29. The number of aliphatic hydroxyl groups is 1. The number of halogens is 1. The van der Waals surface area contributed by atoms with Gasteiger partial charge < -0.3 is 5.11 Å². The molecular formula is C21H18ClNO2S. The monoisotopic (exact) mass is 383 g/mol. The molecule has 0 fully saturated rings. The fourth-order valence-electron chi connectivity index (χ4n) is 3.74. The van der Waals surface area contributed by atoms with Crippen molar-refractivity contribution in [2.75, 3.05) is 0 Å². The number of ketones is 1. The van der Waals surface area contributed by atoms with Crippen molar-refractivity contribution in [2.45, 2.75) is 25.9 Å². The van der Waals surface area contributed by atoms with Crippen LogP contribution in [0.2, 0.25) is 5.02 Å². The maximum atomic E-state index is 12.8. The van der Waals surface area contributed by atoms with Crippen LogP contribution in [0.4, 0.5) is 0 Å². The maximum Gasteiger partial charge on any atom is 0.173 e. The minimum absolute atomic E-state index is 0.0777. The number of carbonyl (C=O) groups excluding carboxylic acids is 1. The van der Waals surface area contributed by atoms with Crippen molar-refractivity contribution in [3.63, 3.8) is 0 Å². The maximum absolute atomic E-state index is 12.8. The predicted molar refractivity (Wildman–Crippen MR) is 105 cm³/mol. The summed E-state index contributed by atoms with van der Waals surface area (Å²) in [7, 11) is 0. The molecule has 3 nitrogen and oxygen atoms in total. The minimum Gasteiger partial charge on any atom is -0.380 e. The Hall–Kier alpha value is -2.01. The summed E-state index contributed by atoms with van der Waals surface area (Å²) in [6.45, 7) is 3.87. The number of rotatable bonds is 2. The largest absolute Gasteiger partial charge is 0.380 e. The molecule has 0 bridgehead atoms. The van der Waals surface area contributed by atoms with E-state index in [2.05, 4.69) is 4.98 Å². The minimum atomic E-state index is -1.26. The zero-order valence-electron chi connectivity index (χ0n) is 14.5. The molecule has 0 spiro atoms. The van der Waals surface area contributed by atoms with E-state index in [-0.39, 0.29) is 12.2 Å². The number of benzene rings is 1. The highest BCUT2D eigenvalue weighted by atomic mass is 35.5. The van der Waals surface area contributed by atoms with Crippen molar-refractivity contribution in [1.29, 1.82) is 0 Å². The lowest BCUT2D eigenvalue weighted by molar-refractivity contribution is -0.0427. The topological polar surface area (TPSA) is 50.2 Å². The average Bonchev–Trinajstić information content (AvgIpc) is 3.07. The van der Waals surface area contributed by atoms with E-state index in [1.807, 2.05) is 44.2 Å². The molecule has 132 valence electrons. The number of carbonyl (C=O) groups is 1. The van der Waals surface area contributed by atoms with Gasteiger partial charge in [0.2, 0.25) is 0 Å². The summed E-state index contributed by atoms with van der Waals surface area (Å²) in [6, 6.07) is 13.0. The molecule has 0 amide bonds. The fraction of sp³-hybridized carbons (Fsp3) is 0.238. The molecule has 2 heterocycles. The van der Waals surface area contributed by atoms with Gasteiger partial charge in [-0.1, -0.05) is 37.6 Å². The summed E-state index contributed by atoms with van der Waals surface area (Å²) in [5.41, 5.74) is 0.519. The Morgan fingerprint density at radius 1 is 1.12 bits per heavy atom. The van der Waals surface area contributed by atoms with Crippen molar-refractivity contribution in [3.05, 3.63) is 75.9 Å². The van der Waals surface area contributed by atoms with E-state index in [1.165, 1.54) is 11.3 Å². The molecule has 26 heavy (non-hydrogen) atoms. The SMILES string of the molecule is CC1(C)CC(=O)c2sc(-c3ccncc3)cc2C1(O)c1ccc(Cl)cc1. The number of aromatic nitrogens is 1. The van der Waals surface area contributed by atoms with Crippen LogP contribution in [0.1, 0.15) is 41.1 Å². The summed E-state index contributed by atoms with van der Waals surface area (Å²) >= 11 is 7.47. The molecule has 1 aliphatic rings. The van der Waals surface area contributed by atoms with Crippen LogP contribution in [0.5, 0.6) is 0 Å². The lowest BCUT2D eigenvalue weighted by atomic mass is 9.61. The van der Waals surface area contributed by atoms with Crippen molar-refractivity contribution in [3.8, 4) is 10.4 Å². The first-order valence-corrected chi connectivity index (χ1v) is 9.59. The quantitative estimate of drug-likeness (QED) is 0.652. The Labute approximate surface area is 161 Å². The molecule has 1 aromatic carbocycles. The van der Waals surface area contributed by atoms with Gasteiger partial charge >= 0.3 is 0 Å². The van der Waals surface area contributed by atoms with Gasteiger partial charge in [-0.2, -0.15) is 0 Å². The second-order valence-corrected chi connectivity index (χ2v) is 8.78. The van der Waals surface area contributed by atoms with Crippen LogP contribution in [-0.2, 0) is 5.60 Å². The predicted octanol–water partition coefficient (Wildman–Crippen LogP) is 5.31. The van der Waals surface area contributed by atoms with E-state index in [9.17, 15) is 9.90 Å². The van der Waals surface area contributed by atoms with E-state index >= 15 is 0 Å². The van der Waals surface area contributed by atoms with Gasteiger partial charge in [0.05, 0.1) is 4.88 Å². The molecule has 2 aromatic heterocycles. The summed E-state index contributed by atoms with van der Waals surface area (Å²) in [4.78, 5) is 18.4. The molecule has 1 unspecified atom stereocenters. The second kappa shape index (κ2) is 6.02. The zero-order valence-corrected chi connectivity index (χ0v) is 16.1. The molecule has 5 heteroatoms. The Morgan fingerprint density at radius 2 is 1.77 bits per heavy atom. The van der Waals surface area contributed by atoms with Gasteiger partial charge in [0.1, 0.15) is 5.60 Å². The smallest absolute Gasteiger partial charge is 0.173 e. The third-order valence-corrected chi connectivity index (χ3v) is 6.66. The third kappa shape index (κ3) is 2.52. The summed E-state index contributed by atoms with van der Waals surface area (Å²) in [5.74, 6) is 0.0777. The van der Waals surface area contributed by atoms with E-state index in [4.69, 9.17) is 11.6 Å². The fourth-order valence-corrected chi connectivity index (χ4v) is 5.02. The summed E-state index contributed by atoms with van der Waals surface area (Å²) < 4.78 is 0. The van der Waals surface area contributed by atoms with E-state index < -0.39 is 11.0 Å². The highest BCUT2D eigenvalue weighted by molar-refractivity contribution is 7.17. The summed E-state index contributed by atoms with van der Waals surface area (Å²) in [5, 5.41) is 12.5. The van der Waals surface area contributed by atoms with Crippen LogP contribution in [0.15, 0.2) is 54.9 Å². The van der Waals surface area contributed by atoms with Gasteiger partial charge in [-0.25, -0.2) is 0 Å². The lowest BCUT2D eigenvalue weighted by Crippen LogP contribution is -2.47. The number of hydrogen-bond acceptors (Lipinski definition) is 4. The molecule has 0 saturated heterocycles. The molecule has 1 N–H and O–H groups in total. The van der Waals surface area contributed by atoms with E-state index in [0.29, 0.717) is 15.5 Å². The molecule has 3 aromatic rings. The highest BCUT2D eigenvalue weighted by Gasteiger charge is 2.53. The Kier molecular flexibility index (Phi) is 4.03. The zero-order chi connectivity index (χ0) is 18.5. The first-order chi connectivity index (χ1) is 12.3. The third-order valence-electron chi connectivity index (χ3n) is 5.18. The van der Waals surface area contributed by atoms with E-state index in [0.717, 1.165) is 16.0 Å². The number of pyridine rings is 1. The van der Waals surface area contributed by atoms with Gasteiger partial charge in [-0.15, -0.1) is 11.3 Å². The van der Waals surface area contributed by atoms with Gasteiger partial charge in [-0.3, -0.25) is 9.78 Å². The van der Waals surface area contributed by atoms with Crippen LogP contribution >= 0.6 is 22.9 Å². The molecular weight excluding hydrogens is 366 g/mol. The van der Waals surface area contributed by atoms with Crippen molar-refractivity contribution < 1.29 is 9.90 Å². The normalized spacial score (nSPS) is 21.5. The molecule has 0 aliphatic heterocycles. The van der Waals surface area contributed by atoms with Gasteiger partial charge in [0.15, 0.2) is 5.78 Å². The van der Waals surface area contributed by atoms with Gasteiger partial charge in [0, 0.05) is 39.7 Å². The van der Waals surface area contributed by atoms with Crippen molar-refractivity contribution in [2.24, 2.45) is 5.41 Å². The highest BCUT2D eigenvalue weighted by Crippen LogP contribution is 2.54. The standard InChI is InChI=1S/C21H18ClNO2S/c1-20(2)12-17(24)19-16(11-18(26-19)13-7-9-23-10-8-13)21(20,25)14-3-5-15(22)6-4-14/h3-11,25H,12H2,1-2H3. The number of thiophene rings is 1. The molecule has 1 atom stereocenters. The summed E-state index contributed by atoms with van der Waals surface area (Å²) in [6.07, 6.45) is 3.74. The Bertz CT molecular complexity index is 979. The number of Topliss-reactive ketones (excluding diaryl/α,β-unsaturated/α-hetero) is 1. The Morgan fingerprint density at radius 3 is 2.42 bits per heavy atom. The lowest BCUT2D eigenvalue weighted by Gasteiger charge is -2.46. The van der Waals surface area contributed by atoms with Gasteiger partial charge in [-0.05, 0) is 41.5 Å². The van der Waals surface area contributed by atoms with Crippen LogP contribution in [0, 0.1) is 5.41 Å². The van der Waals surface area contributed by atoms with Crippen molar-refractivity contribution in [1.82, 2.24) is 4.98 Å². The van der Waals surface area contributed by atoms with Crippen LogP contribution in [-0.4, -0.2) is 15.9 Å². The number of nitrogens with zero attached hydrogens (tertiary/aromatic N) is 1. The van der Waals surface area contributed by atoms with E-state index in [1.54, 1.807) is 24.5 Å². The van der Waals surface area contributed by atoms with Crippen molar-refractivity contribution >= 4 is 28.7 Å².